The molecule has 0 atom stereocenters. The van der Waals surface area contributed by atoms with Gasteiger partial charge in [-0.1, -0.05) is 12.1 Å². The zero-order chi connectivity index (χ0) is 17.4. The van der Waals surface area contributed by atoms with Crippen molar-refractivity contribution < 1.29 is 9.52 Å². The highest BCUT2D eigenvalue weighted by atomic mass is 79.9. The Balaban J connectivity index is 2.38. The highest BCUT2D eigenvalue weighted by Crippen LogP contribution is 2.45. The van der Waals surface area contributed by atoms with Gasteiger partial charge in [0.05, 0.1) is 17.4 Å². The van der Waals surface area contributed by atoms with Gasteiger partial charge in [-0.05, 0) is 59.8 Å². The molecule has 2 aromatic heterocycles. The minimum absolute atomic E-state index is 0.246. The maximum absolute atomic E-state index is 9.60. The van der Waals surface area contributed by atoms with Gasteiger partial charge in [0.2, 0.25) is 0 Å². The molecule has 0 aliphatic carbocycles. The summed E-state index contributed by atoms with van der Waals surface area (Å²) >= 11 is 3.72. The van der Waals surface area contributed by atoms with E-state index in [1.165, 1.54) is 0 Å². The summed E-state index contributed by atoms with van der Waals surface area (Å²) in [5.74, 6) is 1.12. The first-order chi connectivity index (χ1) is 11.5. The van der Waals surface area contributed by atoms with Gasteiger partial charge in [0.15, 0.2) is 0 Å². The quantitative estimate of drug-likeness (QED) is 0.623. The number of rotatable bonds is 4. The Hall–Kier alpha value is -2.27. The zero-order valence-corrected chi connectivity index (χ0v) is 15.5. The second kappa shape index (κ2) is 6.32. The average Bonchev–Trinajstić information content (AvgIpc) is 3.00. The minimum Gasteiger partial charge on any atom is -0.508 e. The predicted molar refractivity (Wildman–Crippen MR) is 101 cm³/mol. The van der Waals surface area contributed by atoms with Crippen LogP contribution in [0.5, 0.6) is 5.75 Å². The minimum atomic E-state index is 0.246. The monoisotopic (exact) mass is 386 g/mol. The molecule has 0 aliphatic rings. The number of aromatic nitrogens is 1. The number of furan rings is 1. The van der Waals surface area contributed by atoms with E-state index in [1.54, 1.807) is 18.4 Å². The average molecular weight is 387 g/mol. The maximum atomic E-state index is 9.60. The number of hydrogen-bond acceptors (Lipinski definition) is 3. The third kappa shape index (κ3) is 2.59. The van der Waals surface area contributed by atoms with Crippen LogP contribution >= 0.6 is 15.9 Å². The van der Waals surface area contributed by atoms with Gasteiger partial charge in [0, 0.05) is 29.4 Å². The van der Waals surface area contributed by atoms with E-state index in [4.69, 9.17) is 4.42 Å². The van der Waals surface area contributed by atoms with Crippen LogP contribution in [0.3, 0.4) is 0 Å². The molecule has 0 amide bonds. The van der Waals surface area contributed by atoms with E-state index in [9.17, 15) is 5.11 Å². The Morgan fingerprint density at radius 3 is 2.38 bits per heavy atom. The molecule has 4 nitrogen and oxygen atoms in total. The number of phenols is 1. The van der Waals surface area contributed by atoms with Crippen LogP contribution in [0, 0.1) is 13.8 Å². The molecular formula is C19H19BrN2O2. The molecule has 124 valence electrons. The van der Waals surface area contributed by atoms with Crippen molar-refractivity contribution in [1.82, 2.24) is 4.57 Å². The van der Waals surface area contributed by atoms with Gasteiger partial charge >= 0.3 is 0 Å². The van der Waals surface area contributed by atoms with Crippen molar-refractivity contribution in [3.63, 3.8) is 0 Å². The van der Waals surface area contributed by atoms with Crippen molar-refractivity contribution in [1.29, 1.82) is 0 Å². The fraction of sp³-hybridized carbons (Fsp3) is 0.211. The number of halogens is 1. The van der Waals surface area contributed by atoms with Gasteiger partial charge in [0.25, 0.3) is 0 Å². The second-order valence-electron chi connectivity index (χ2n) is 5.83. The molecule has 3 aromatic rings. The number of aliphatic imine (C=N–C) groups is 1. The normalized spacial score (nSPS) is 11.0. The summed E-state index contributed by atoms with van der Waals surface area (Å²) in [7, 11) is 2.00. The Labute approximate surface area is 149 Å². The highest BCUT2D eigenvalue weighted by Gasteiger charge is 2.25. The Kier molecular flexibility index (Phi) is 4.37. The van der Waals surface area contributed by atoms with Gasteiger partial charge in [0.1, 0.15) is 11.5 Å². The number of benzene rings is 1. The molecule has 0 bridgehead atoms. The molecule has 3 rings (SSSR count). The molecule has 0 unspecified atom stereocenters. The van der Waals surface area contributed by atoms with E-state index in [0.29, 0.717) is 6.54 Å². The highest BCUT2D eigenvalue weighted by molar-refractivity contribution is 9.10. The molecule has 1 N–H and O–H groups in total. The molecule has 0 aliphatic heterocycles. The maximum Gasteiger partial charge on any atom is 0.115 e. The van der Waals surface area contributed by atoms with Crippen LogP contribution in [0.15, 0.2) is 44.5 Å². The molecule has 0 spiro atoms. The van der Waals surface area contributed by atoms with Crippen LogP contribution in [-0.2, 0) is 13.6 Å². The number of aryl methyl sites for hydroxylation is 2. The van der Waals surface area contributed by atoms with Crippen molar-refractivity contribution in [2.24, 2.45) is 12.0 Å². The summed E-state index contributed by atoms with van der Waals surface area (Å²) in [4.78, 5) is 4.10. The molecule has 5 heteroatoms. The van der Waals surface area contributed by atoms with Crippen LogP contribution in [-0.4, -0.2) is 16.4 Å². The Morgan fingerprint density at radius 2 is 1.83 bits per heavy atom. The van der Waals surface area contributed by atoms with Crippen LogP contribution in [0.4, 0.5) is 0 Å². The topological polar surface area (TPSA) is 50.7 Å². The van der Waals surface area contributed by atoms with Crippen LogP contribution in [0.1, 0.15) is 17.0 Å². The lowest BCUT2D eigenvalue weighted by Gasteiger charge is -2.09. The third-order valence-electron chi connectivity index (χ3n) is 4.27. The number of nitrogens with zero attached hydrogens (tertiary/aromatic N) is 2. The number of hydrogen-bond donors (Lipinski definition) is 1. The largest absolute Gasteiger partial charge is 0.508 e. The standard InChI is InChI=1S/C19H19BrN2O2/c1-11-10-24-12(2)16(11)18-15(9-21-3)22(4)19(20)17(18)13-5-7-14(23)8-6-13/h5-8,10,23H,3,9H2,1-2,4H3. The number of aromatic hydroxyl groups is 1. The first kappa shape index (κ1) is 16.6. The van der Waals surface area contributed by atoms with Gasteiger partial charge in [-0.2, -0.15) is 0 Å². The van der Waals surface area contributed by atoms with Gasteiger partial charge in [-0.15, -0.1) is 0 Å². The molecule has 1 aromatic carbocycles. The SMILES string of the molecule is C=NCc1c(-c2c(C)coc2C)c(-c2ccc(O)cc2)c(Br)n1C. The lowest BCUT2D eigenvalue weighted by molar-refractivity contribution is 0.475. The lowest BCUT2D eigenvalue weighted by Crippen LogP contribution is -1.97. The Morgan fingerprint density at radius 1 is 1.17 bits per heavy atom. The fourth-order valence-corrected chi connectivity index (χ4v) is 3.74. The molecule has 0 saturated heterocycles. The first-order valence-electron chi connectivity index (χ1n) is 7.59. The summed E-state index contributed by atoms with van der Waals surface area (Å²) < 4.78 is 8.67. The van der Waals surface area contributed by atoms with E-state index in [-0.39, 0.29) is 5.75 Å². The lowest BCUT2D eigenvalue weighted by atomic mass is 9.94. The zero-order valence-electron chi connectivity index (χ0n) is 13.9. The predicted octanol–water partition coefficient (Wildman–Crippen LogP) is 5.24. The fourth-order valence-electron chi connectivity index (χ4n) is 3.10. The van der Waals surface area contributed by atoms with E-state index >= 15 is 0 Å². The molecule has 24 heavy (non-hydrogen) atoms. The van der Waals surface area contributed by atoms with Crippen molar-refractivity contribution in [3.8, 4) is 28.0 Å². The van der Waals surface area contributed by atoms with E-state index in [1.807, 2.05) is 33.0 Å². The molecule has 2 heterocycles. The summed E-state index contributed by atoms with van der Waals surface area (Å²) in [6, 6.07) is 7.21. The first-order valence-corrected chi connectivity index (χ1v) is 8.39. The van der Waals surface area contributed by atoms with Crippen LogP contribution < -0.4 is 0 Å². The van der Waals surface area contributed by atoms with E-state index in [2.05, 4.69) is 32.2 Å². The van der Waals surface area contributed by atoms with Gasteiger partial charge in [-0.3, -0.25) is 4.99 Å². The number of phenolic OH excluding ortho intramolecular Hbond substituents is 1. The van der Waals surface area contributed by atoms with Crippen molar-refractivity contribution in [2.45, 2.75) is 20.4 Å². The summed E-state index contributed by atoms with van der Waals surface area (Å²) in [5.41, 5.74) is 6.39. The third-order valence-corrected chi connectivity index (χ3v) is 5.20. The van der Waals surface area contributed by atoms with Crippen LogP contribution in [0.2, 0.25) is 0 Å². The summed E-state index contributed by atoms with van der Waals surface area (Å²) in [6.07, 6.45) is 1.78. The summed E-state index contributed by atoms with van der Waals surface area (Å²) in [6.45, 7) is 8.17. The molecule has 0 radical (unpaired) electrons. The van der Waals surface area contributed by atoms with Gasteiger partial charge < -0.3 is 14.1 Å². The van der Waals surface area contributed by atoms with Crippen molar-refractivity contribution in [3.05, 3.63) is 52.1 Å². The Bertz CT molecular complexity index is 885. The van der Waals surface area contributed by atoms with E-state index in [0.717, 1.165) is 43.9 Å². The van der Waals surface area contributed by atoms with E-state index < -0.39 is 0 Å². The van der Waals surface area contributed by atoms with Crippen molar-refractivity contribution in [2.75, 3.05) is 0 Å². The van der Waals surface area contributed by atoms with Crippen LogP contribution in [0.25, 0.3) is 22.3 Å². The summed E-state index contributed by atoms with van der Waals surface area (Å²) in [5, 5.41) is 9.60. The van der Waals surface area contributed by atoms with Gasteiger partial charge in [-0.25, -0.2) is 0 Å². The smallest absolute Gasteiger partial charge is 0.115 e. The molecule has 0 saturated carbocycles. The molecular weight excluding hydrogens is 368 g/mol. The van der Waals surface area contributed by atoms with Crippen molar-refractivity contribution >= 4 is 22.6 Å². The molecule has 0 fully saturated rings. The second-order valence-corrected chi connectivity index (χ2v) is 6.58.